The topological polar surface area (TPSA) is 97.6 Å². The third-order valence-corrected chi connectivity index (χ3v) is 6.23. The number of anilines is 2. The van der Waals surface area contributed by atoms with Gasteiger partial charge in [0, 0.05) is 5.69 Å². The van der Waals surface area contributed by atoms with Crippen LogP contribution in [0, 0.1) is 6.92 Å². The van der Waals surface area contributed by atoms with Gasteiger partial charge in [-0.05, 0) is 61.6 Å². The van der Waals surface area contributed by atoms with Gasteiger partial charge in [0.1, 0.15) is 4.88 Å². The monoisotopic (exact) mass is 454 g/mol. The third kappa shape index (κ3) is 5.45. The van der Waals surface area contributed by atoms with Crippen LogP contribution in [0.5, 0.6) is 0 Å². The number of ether oxygens (including phenoxy) is 1. The van der Waals surface area contributed by atoms with E-state index in [0.717, 1.165) is 23.3 Å². The second kappa shape index (κ2) is 10.3. The molecule has 1 aromatic carbocycles. The molecule has 0 bridgehead atoms. The molecule has 32 heavy (non-hydrogen) atoms. The summed E-state index contributed by atoms with van der Waals surface area (Å²) in [6, 6.07) is 12.4. The van der Waals surface area contributed by atoms with Crippen molar-refractivity contribution in [3.8, 4) is 0 Å². The first kappa shape index (κ1) is 23.3. The van der Waals surface area contributed by atoms with E-state index in [0.29, 0.717) is 21.1 Å². The van der Waals surface area contributed by atoms with Gasteiger partial charge >= 0.3 is 5.97 Å². The molecule has 2 atom stereocenters. The second-order valence-corrected chi connectivity index (χ2v) is 8.54. The highest BCUT2D eigenvalue weighted by atomic mass is 32.1. The van der Waals surface area contributed by atoms with Crippen molar-refractivity contribution in [3.05, 3.63) is 70.5 Å². The summed E-state index contributed by atoms with van der Waals surface area (Å²) in [5.41, 5.74) is 2.39. The molecule has 0 saturated carbocycles. The Labute approximate surface area is 190 Å². The van der Waals surface area contributed by atoms with Crippen molar-refractivity contribution in [1.82, 2.24) is 0 Å². The van der Waals surface area contributed by atoms with Gasteiger partial charge in [-0.15, -0.1) is 11.3 Å². The number of hydrogen-bond donors (Lipinski definition) is 2. The van der Waals surface area contributed by atoms with Gasteiger partial charge in [-0.3, -0.25) is 9.59 Å². The molecule has 7 nitrogen and oxygen atoms in total. The second-order valence-electron chi connectivity index (χ2n) is 7.49. The number of aryl methyl sites for hydroxylation is 1. The minimum Gasteiger partial charge on any atom is -0.459 e. The number of nitrogens with one attached hydrogen (secondary N) is 2. The van der Waals surface area contributed by atoms with Gasteiger partial charge in [0.05, 0.1) is 11.3 Å². The van der Waals surface area contributed by atoms with Crippen molar-refractivity contribution in [1.29, 1.82) is 0 Å². The Bertz CT molecular complexity index is 1100. The van der Waals surface area contributed by atoms with Crippen LogP contribution in [0.4, 0.5) is 10.7 Å². The maximum atomic E-state index is 12.7. The number of rotatable bonds is 8. The van der Waals surface area contributed by atoms with E-state index in [-0.39, 0.29) is 11.7 Å². The van der Waals surface area contributed by atoms with Crippen molar-refractivity contribution in [2.75, 3.05) is 10.6 Å². The van der Waals surface area contributed by atoms with E-state index >= 15 is 0 Å². The number of furan rings is 1. The van der Waals surface area contributed by atoms with E-state index in [2.05, 4.69) is 24.5 Å². The lowest BCUT2D eigenvalue weighted by molar-refractivity contribution is -0.123. The van der Waals surface area contributed by atoms with Crippen LogP contribution in [-0.2, 0) is 9.53 Å². The van der Waals surface area contributed by atoms with E-state index in [1.165, 1.54) is 13.2 Å². The summed E-state index contributed by atoms with van der Waals surface area (Å²) in [5, 5.41) is 6.04. The molecule has 2 amide bonds. The zero-order chi connectivity index (χ0) is 23.3. The highest BCUT2D eigenvalue weighted by molar-refractivity contribution is 7.18. The molecule has 2 heterocycles. The fraction of sp³-hybridized carbons (Fsp3) is 0.292. The molecule has 0 saturated heterocycles. The number of para-hydroxylation sites is 1. The Morgan fingerprint density at radius 3 is 2.53 bits per heavy atom. The standard InChI is InChI=1S/C24H26N2O5S/c1-5-14(2)17-9-6-7-10-18(17)25-22(27)16(4)31-24(29)21-15(3)13-20(32-21)26-23(28)19-11-8-12-30-19/h6-14,16H,5H2,1-4H3,(H,25,27)(H,26,28). The van der Waals surface area contributed by atoms with E-state index in [1.54, 1.807) is 25.1 Å². The minimum atomic E-state index is -0.991. The van der Waals surface area contributed by atoms with E-state index in [1.807, 2.05) is 24.3 Å². The zero-order valence-electron chi connectivity index (χ0n) is 18.4. The number of benzene rings is 1. The van der Waals surface area contributed by atoms with Crippen LogP contribution in [0.15, 0.2) is 53.1 Å². The summed E-state index contributed by atoms with van der Waals surface area (Å²) >= 11 is 1.08. The van der Waals surface area contributed by atoms with Crippen molar-refractivity contribution >= 4 is 39.8 Å². The summed E-state index contributed by atoms with van der Waals surface area (Å²) < 4.78 is 10.5. The maximum absolute atomic E-state index is 12.7. The van der Waals surface area contributed by atoms with Gasteiger partial charge in [-0.1, -0.05) is 32.0 Å². The number of carbonyl (C=O) groups excluding carboxylic acids is 3. The molecule has 0 aliphatic heterocycles. The first-order valence-electron chi connectivity index (χ1n) is 10.4. The molecular formula is C24H26N2O5S. The first-order chi connectivity index (χ1) is 15.3. The predicted molar refractivity (Wildman–Crippen MR) is 124 cm³/mol. The van der Waals surface area contributed by atoms with Gasteiger partial charge in [0.15, 0.2) is 11.9 Å². The van der Waals surface area contributed by atoms with Gasteiger partial charge in [0.25, 0.3) is 11.8 Å². The molecule has 2 aromatic heterocycles. The molecule has 168 valence electrons. The molecule has 0 fully saturated rings. The molecule has 3 rings (SSSR count). The lowest BCUT2D eigenvalue weighted by atomic mass is 9.97. The third-order valence-electron chi connectivity index (χ3n) is 5.10. The fourth-order valence-corrected chi connectivity index (χ4v) is 4.04. The SMILES string of the molecule is CCC(C)c1ccccc1NC(=O)C(C)OC(=O)c1sc(NC(=O)c2ccco2)cc1C. The smallest absolute Gasteiger partial charge is 0.349 e. The van der Waals surface area contributed by atoms with Gasteiger partial charge < -0.3 is 19.8 Å². The van der Waals surface area contributed by atoms with Crippen molar-refractivity contribution in [2.45, 2.75) is 46.1 Å². The van der Waals surface area contributed by atoms with Crippen LogP contribution in [0.2, 0.25) is 0 Å². The summed E-state index contributed by atoms with van der Waals surface area (Å²) in [4.78, 5) is 37.8. The van der Waals surface area contributed by atoms with Gasteiger partial charge in [0.2, 0.25) is 0 Å². The summed E-state index contributed by atoms with van der Waals surface area (Å²) in [7, 11) is 0. The lowest BCUT2D eigenvalue weighted by Gasteiger charge is -2.18. The highest BCUT2D eigenvalue weighted by Gasteiger charge is 2.23. The molecular weight excluding hydrogens is 428 g/mol. The van der Waals surface area contributed by atoms with E-state index < -0.39 is 23.9 Å². The predicted octanol–water partition coefficient (Wildman–Crippen LogP) is 5.60. The van der Waals surface area contributed by atoms with Crippen LogP contribution in [0.3, 0.4) is 0 Å². The Balaban J connectivity index is 1.64. The quantitative estimate of drug-likeness (QED) is 0.432. The number of hydrogen-bond acceptors (Lipinski definition) is 6. The van der Waals surface area contributed by atoms with Crippen LogP contribution < -0.4 is 10.6 Å². The molecule has 0 aliphatic carbocycles. The Morgan fingerprint density at radius 2 is 1.84 bits per heavy atom. The summed E-state index contributed by atoms with van der Waals surface area (Å²) in [6.07, 6.45) is 1.36. The fourth-order valence-electron chi connectivity index (χ4n) is 3.09. The Hall–Kier alpha value is -3.39. The normalized spacial score (nSPS) is 12.6. The highest BCUT2D eigenvalue weighted by Crippen LogP contribution is 2.29. The molecule has 2 N–H and O–H groups in total. The Kier molecular flexibility index (Phi) is 7.48. The van der Waals surface area contributed by atoms with E-state index in [4.69, 9.17) is 9.15 Å². The first-order valence-corrected chi connectivity index (χ1v) is 11.2. The number of thiophene rings is 1. The van der Waals surface area contributed by atoms with E-state index in [9.17, 15) is 14.4 Å². The molecule has 0 aliphatic rings. The molecule has 8 heteroatoms. The van der Waals surface area contributed by atoms with Crippen LogP contribution >= 0.6 is 11.3 Å². The molecule has 0 radical (unpaired) electrons. The zero-order valence-corrected chi connectivity index (χ0v) is 19.2. The maximum Gasteiger partial charge on any atom is 0.349 e. The van der Waals surface area contributed by atoms with Crippen molar-refractivity contribution < 1.29 is 23.5 Å². The van der Waals surface area contributed by atoms with Gasteiger partial charge in [-0.25, -0.2) is 4.79 Å². The minimum absolute atomic E-state index is 0.170. The number of carbonyl (C=O) groups is 3. The van der Waals surface area contributed by atoms with Crippen molar-refractivity contribution in [2.24, 2.45) is 0 Å². The largest absolute Gasteiger partial charge is 0.459 e. The van der Waals surface area contributed by atoms with Crippen LogP contribution in [0.25, 0.3) is 0 Å². The number of amides is 2. The van der Waals surface area contributed by atoms with Gasteiger partial charge in [-0.2, -0.15) is 0 Å². The summed E-state index contributed by atoms with van der Waals surface area (Å²) in [6.45, 7) is 7.45. The summed E-state index contributed by atoms with van der Waals surface area (Å²) in [5.74, 6) is -0.988. The Morgan fingerprint density at radius 1 is 1.09 bits per heavy atom. The van der Waals surface area contributed by atoms with Crippen molar-refractivity contribution in [3.63, 3.8) is 0 Å². The molecule has 0 spiro atoms. The average Bonchev–Trinajstić information content (AvgIpc) is 3.43. The van der Waals surface area contributed by atoms with Crippen LogP contribution in [-0.4, -0.2) is 23.9 Å². The van der Waals surface area contributed by atoms with Crippen LogP contribution in [0.1, 0.15) is 64.5 Å². The number of esters is 1. The lowest BCUT2D eigenvalue weighted by Crippen LogP contribution is -2.30. The average molecular weight is 455 g/mol. The molecule has 3 aromatic rings. The molecule has 2 unspecified atom stereocenters.